The number of urea groups is 1. The summed E-state index contributed by atoms with van der Waals surface area (Å²) >= 11 is 0. The van der Waals surface area contributed by atoms with Gasteiger partial charge in [-0.1, -0.05) is 42.5 Å². The number of hydrogen-bond donors (Lipinski definition) is 0. The van der Waals surface area contributed by atoms with Crippen molar-refractivity contribution in [3.05, 3.63) is 65.7 Å². The van der Waals surface area contributed by atoms with Gasteiger partial charge in [-0.15, -0.1) is 0 Å². The van der Waals surface area contributed by atoms with Crippen LogP contribution in [0, 0.1) is 0 Å². The summed E-state index contributed by atoms with van der Waals surface area (Å²) in [6.07, 6.45) is 3.95. The molecule has 190 valence electrons. The van der Waals surface area contributed by atoms with Gasteiger partial charge in [-0.25, -0.2) is 4.79 Å². The van der Waals surface area contributed by atoms with Crippen LogP contribution in [0.15, 0.2) is 54.6 Å². The third-order valence-electron chi connectivity index (χ3n) is 8.36. The zero-order valence-electron chi connectivity index (χ0n) is 22.2. The van der Waals surface area contributed by atoms with Crippen molar-refractivity contribution in [2.75, 3.05) is 41.4 Å². The van der Waals surface area contributed by atoms with Gasteiger partial charge in [-0.3, -0.25) is 4.90 Å². The number of ether oxygens (including phenoxy) is 2. The maximum Gasteiger partial charge on any atom is 0.321 e. The molecule has 1 saturated carbocycles. The van der Waals surface area contributed by atoms with Gasteiger partial charge >= 0.3 is 6.03 Å². The van der Waals surface area contributed by atoms with Crippen LogP contribution in [0.5, 0.6) is 5.75 Å². The molecule has 1 aliphatic carbocycles. The zero-order valence-corrected chi connectivity index (χ0v) is 22.2. The van der Waals surface area contributed by atoms with Gasteiger partial charge in [0.1, 0.15) is 5.75 Å². The number of nitrogens with zero attached hydrogens (tertiary/aromatic N) is 3. The molecule has 6 nitrogen and oxygen atoms in total. The van der Waals surface area contributed by atoms with Crippen LogP contribution in [-0.2, 0) is 16.8 Å². The molecule has 1 spiro atoms. The van der Waals surface area contributed by atoms with Crippen LogP contribution < -0.4 is 4.74 Å². The van der Waals surface area contributed by atoms with Crippen LogP contribution in [0.25, 0.3) is 0 Å². The summed E-state index contributed by atoms with van der Waals surface area (Å²) in [7, 11) is 7.78. The maximum atomic E-state index is 13.8. The fourth-order valence-electron chi connectivity index (χ4n) is 5.94. The van der Waals surface area contributed by atoms with Crippen molar-refractivity contribution in [2.45, 2.75) is 62.8 Å². The molecule has 35 heavy (non-hydrogen) atoms. The van der Waals surface area contributed by atoms with E-state index in [2.05, 4.69) is 68.1 Å². The minimum atomic E-state index is -0.408. The van der Waals surface area contributed by atoms with E-state index in [0.717, 1.165) is 43.5 Å². The van der Waals surface area contributed by atoms with E-state index in [-0.39, 0.29) is 17.1 Å². The van der Waals surface area contributed by atoms with Gasteiger partial charge in [0.25, 0.3) is 0 Å². The molecule has 0 aromatic heterocycles. The van der Waals surface area contributed by atoms with Crippen molar-refractivity contribution in [2.24, 2.45) is 0 Å². The van der Waals surface area contributed by atoms with Crippen LogP contribution in [0.1, 0.15) is 50.7 Å². The smallest absolute Gasteiger partial charge is 0.321 e. The lowest BCUT2D eigenvalue weighted by Gasteiger charge is -2.51. The van der Waals surface area contributed by atoms with Gasteiger partial charge in [0, 0.05) is 25.7 Å². The Labute approximate surface area is 210 Å². The molecule has 1 aliphatic heterocycles. The molecule has 0 unspecified atom stereocenters. The van der Waals surface area contributed by atoms with Crippen molar-refractivity contribution in [1.82, 2.24) is 14.7 Å². The quantitative estimate of drug-likeness (QED) is 0.527. The highest BCUT2D eigenvalue weighted by atomic mass is 16.5. The summed E-state index contributed by atoms with van der Waals surface area (Å²) in [5.41, 5.74) is 1.87. The second kappa shape index (κ2) is 9.82. The first-order valence-corrected chi connectivity index (χ1v) is 12.6. The summed E-state index contributed by atoms with van der Waals surface area (Å²) in [6, 6.07) is 19.0. The number of hydrogen-bond acceptors (Lipinski definition) is 4. The number of methoxy groups -OCH3 is 2. The molecule has 4 rings (SSSR count). The molecule has 2 aromatic rings. The first-order valence-electron chi connectivity index (χ1n) is 12.6. The molecule has 1 heterocycles. The van der Waals surface area contributed by atoms with Gasteiger partial charge in [0.2, 0.25) is 0 Å². The van der Waals surface area contributed by atoms with Crippen molar-refractivity contribution in [1.29, 1.82) is 0 Å². The molecule has 0 atom stereocenters. The molecular formula is C29H41N3O3. The first kappa shape index (κ1) is 25.5. The lowest BCUT2D eigenvalue weighted by Crippen LogP contribution is -2.57. The van der Waals surface area contributed by atoms with Crippen molar-refractivity contribution in [3.63, 3.8) is 0 Å². The Bertz CT molecular complexity index is 996. The number of carbonyl (C=O) groups excluding carboxylic acids is 1. The van der Waals surface area contributed by atoms with Crippen LogP contribution in [-0.4, -0.2) is 73.3 Å². The van der Waals surface area contributed by atoms with Gasteiger partial charge in [0.15, 0.2) is 0 Å². The van der Waals surface area contributed by atoms with Crippen LogP contribution in [0.3, 0.4) is 0 Å². The fraction of sp³-hybridized carbons (Fsp3) is 0.552. The predicted molar refractivity (Wildman–Crippen MR) is 140 cm³/mol. The second-order valence-electron chi connectivity index (χ2n) is 11.1. The predicted octanol–water partition coefficient (Wildman–Crippen LogP) is 5.13. The van der Waals surface area contributed by atoms with E-state index in [1.54, 1.807) is 14.2 Å². The van der Waals surface area contributed by atoms with E-state index >= 15 is 0 Å². The van der Waals surface area contributed by atoms with Crippen molar-refractivity contribution in [3.8, 4) is 5.75 Å². The Kier molecular flexibility index (Phi) is 7.16. The van der Waals surface area contributed by atoms with E-state index in [1.807, 2.05) is 29.2 Å². The van der Waals surface area contributed by atoms with Gasteiger partial charge in [-0.05, 0) is 76.9 Å². The monoisotopic (exact) mass is 479 g/mol. The maximum absolute atomic E-state index is 13.8. The SMILES string of the molecule is COc1ccc(CN2C[C@]3(CC[C@@](c4ccccc4)(N(C)C)CC3)N(CC(C)(C)OC)C2=O)cc1. The average molecular weight is 480 g/mol. The third kappa shape index (κ3) is 4.91. The highest BCUT2D eigenvalue weighted by Crippen LogP contribution is 2.49. The molecule has 2 aliphatic rings. The van der Waals surface area contributed by atoms with E-state index in [4.69, 9.17) is 9.47 Å². The molecule has 0 N–H and O–H groups in total. The molecule has 6 heteroatoms. The average Bonchev–Trinajstić information content (AvgIpc) is 3.10. The second-order valence-corrected chi connectivity index (χ2v) is 11.1. The molecule has 0 bridgehead atoms. The third-order valence-corrected chi connectivity index (χ3v) is 8.36. The Hall–Kier alpha value is -2.57. The molecular weight excluding hydrogens is 438 g/mol. The summed E-state index contributed by atoms with van der Waals surface area (Å²) < 4.78 is 11.1. The van der Waals surface area contributed by atoms with Gasteiger partial charge in [-0.2, -0.15) is 0 Å². The topological polar surface area (TPSA) is 45.2 Å². The molecule has 0 radical (unpaired) electrons. The number of rotatable bonds is 8. The minimum Gasteiger partial charge on any atom is -0.497 e. The highest BCUT2D eigenvalue weighted by Gasteiger charge is 2.55. The van der Waals surface area contributed by atoms with Crippen molar-refractivity contribution >= 4 is 6.03 Å². The largest absolute Gasteiger partial charge is 0.497 e. The van der Waals surface area contributed by atoms with E-state index in [0.29, 0.717) is 13.1 Å². The normalized spacial score (nSPS) is 25.1. The lowest BCUT2D eigenvalue weighted by atomic mass is 9.68. The Morgan fingerprint density at radius 2 is 1.57 bits per heavy atom. The van der Waals surface area contributed by atoms with E-state index in [1.165, 1.54) is 5.56 Å². The summed E-state index contributed by atoms with van der Waals surface area (Å²) in [4.78, 5) is 20.4. The molecule has 2 fully saturated rings. The van der Waals surface area contributed by atoms with Crippen LogP contribution >= 0.6 is 0 Å². The zero-order chi connectivity index (χ0) is 25.3. The van der Waals surface area contributed by atoms with Crippen LogP contribution in [0.4, 0.5) is 4.79 Å². The molecule has 1 saturated heterocycles. The molecule has 2 amide bonds. The highest BCUT2D eigenvalue weighted by molar-refractivity contribution is 5.78. The fourth-order valence-corrected chi connectivity index (χ4v) is 5.94. The summed E-state index contributed by atoms with van der Waals surface area (Å²) in [5.74, 6) is 0.828. The Balaban J connectivity index is 1.61. The minimum absolute atomic E-state index is 0.0125. The van der Waals surface area contributed by atoms with E-state index < -0.39 is 5.60 Å². The van der Waals surface area contributed by atoms with E-state index in [9.17, 15) is 4.79 Å². The Morgan fingerprint density at radius 3 is 2.11 bits per heavy atom. The summed E-state index contributed by atoms with van der Waals surface area (Å²) in [6.45, 7) is 6.07. The van der Waals surface area contributed by atoms with Crippen LogP contribution in [0.2, 0.25) is 0 Å². The van der Waals surface area contributed by atoms with Gasteiger partial charge in [0.05, 0.1) is 24.8 Å². The van der Waals surface area contributed by atoms with Gasteiger partial charge < -0.3 is 19.3 Å². The standard InChI is InChI=1S/C29H41N3O3/c1-27(2,35-6)21-32-26(33)31(20-23-12-14-25(34-5)15-13-23)22-28(32)16-18-29(19-17-28,30(3)4)24-10-8-7-9-11-24/h7-15H,16-22H2,1-6H3/t28-,29-. The Morgan fingerprint density at radius 1 is 0.943 bits per heavy atom. The lowest BCUT2D eigenvalue weighted by molar-refractivity contribution is -0.0338. The van der Waals surface area contributed by atoms with Crippen molar-refractivity contribution < 1.29 is 14.3 Å². The first-order chi connectivity index (χ1) is 16.6. The number of carbonyl (C=O) groups is 1. The number of benzene rings is 2. The number of amides is 2. The molecule has 2 aromatic carbocycles. The summed E-state index contributed by atoms with van der Waals surface area (Å²) in [5, 5.41) is 0.